The molecule has 3 rings (SSSR count). The standard InChI is InChI=1S/C21H19N3O5S/c1-2-28-21(27)17-19(30-18(24-17)13-7-4-3-5-8-13)23-16(25)12-29-20(26)14-9-6-10-15(22)11-14/h3-11H,2,12,22H2,1H3,(H,23,25). The van der Waals surface area contributed by atoms with Gasteiger partial charge in [0.2, 0.25) is 0 Å². The number of rotatable bonds is 7. The van der Waals surface area contributed by atoms with E-state index >= 15 is 0 Å². The molecule has 1 heterocycles. The van der Waals surface area contributed by atoms with E-state index in [9.17, 15) is 14.4 Å². The molecule has 154 valence electrons. The second kappa shape index (κ2) is 9.66. The zero-order valence-corrected chi connectivity index (χ0v) is 16.9. The summed E-state index contributed by atoms with van der Waals surface area (Å²) in [5.41, 5.74) is 7.07. The maximum atomic E-state index is 12.3. The summed E-state index contributed by atoms with van der Waals surface area (Å²) in [6.45, 7) is 1.31. The fraction of sp³-hybridized carbons (Fsp3) is 0.143. The van der Waals surface area contributed by atoms with Crippen molar-refractivity contribution in [3.63, 3.8) is 0 Å². The Bertz CT molecular complexity index is 1070. The minimum absolute atomic E-state index is 0.00351. The van der Waals surface area contributed by atoms with E-state index in [0.29, 0.717) is 10.7 Å². The lowest BCUT2D eigenvalue weighted by atomic mass is 10.2. The molecule has 9 heteroatoms. The number of aromatic nitrogens is 1. The lowest BCUT2D eigenvalue weighted by molar-refractivity contribution is -0.119. The summed E-state index contributed by atoms with van der Waals surface area (Å²) in [4.78, 5) is 40.9. The highest BCUT2D eigenvalue weighted by Gasteiger charge is 2.22. The number of anilines is 2. The Balaban J connectivity index is 1.72. The van der Waals surface area contributed by atoms with Crippen molar-refractivity contribution in [3.8, 4) is 10.6 Å². The number of benzene rings is 2. The van der Waals surface area contributed by atoms with E-state index in [0.717, 1.165) is 16.9 Å². The van der Waals surface area contributed by atoms with Crippen molar-refractivity contribution in [1.82, 2.24) is 4.98 Å². The summed E-state index contributed by atoms with van der Waals surface area (Å²) >= 11 is 1.13. The Morgan fingerprint density at radius 3 is 2.50 bits per heavy atom. The molecule has 0 spiro atoms. The van der Waals surface area contributed by atoms with Crippen LogP contribution in [-0.4, -0.2) is 36.0 Å². The molecule has 0 aliphatic rings. The van der Waals surface area contributed by atoms with Crippen LogP contribution in [0.25, 0.3) is 10.6 Å². The number of nitrogens with one attached hydrogen (secondary N) is 1. The predicted octanol–water partition coefficient (Wildman–Crippen LogP) is 3.36. The van der Waals surface area contributed by atoms with Gasteiger partial charge in [-0.2, -0.15) is 0 Å². The van der Waals surface area contributed by atoms with Crippen molar-refractivity contribution in [3.05, 3.63) is 65.9 Å². The summed E-state index contributed by atoms with van der Waals surface area (Å²) in [5, 5.41) is 3.34. The highest BCUT2D eigenvalue weighted by atomic mass is 32.1. The summed E-state index contributed by atoms with van der Waals surface area (Å²) in [6, 6.07) is 15.5. The monoisotopic (exact) mass is 425 g/mol. The normalized spacial score (nSPS) is 10.3. The Kier molecular flexibility index (Phi) is 6.76. The van der Waals surface area contributed by atoms with Crippen molar-refractivity contribution >= 4 is 39.9 Å². The molecule has 0 bridgehead atoms. The maximum absolute atomic E-state index is 12.3. The Hall–Kier alpha value is -3.72. The van der Waals surface area contributed by atoms with E-state index in [1.54, 1.807) is 19.1 Å². The molecule has 0 saturated heterocycles. The van der Waals surface area contributed by atoms with E-state index in [4.69, 9.17) is 15.2 Å². The van der Waals surface area contributed by atoms with Crippen LogP contribution in [0, 0.1) is 0 Å². The van der Waals surface area contributed by atoms with Gasteiger partial charge in [0.05, 0.1) is 12.2 Å². The second-order valence-corrected chi connectivity index (χ2v) is 7.03. The molecule has 1 amide bonds. The third-order valence-corrected chi connectivity index (χ3v) is 4.85. The molecule has 8 nitrogen and oxygen atoms in total. The number of hydrogen-bond acceptors (Lipinski definition) is 8. The molecular formula is C21H19N3O5S. The van der Waals surface area contributed by atoms with Crippen molar-refractivity contribution in [2.45, 2.75) is 6.92 Å². The number of carbonyl (C=O) groups is 3. The van der Waals surface area contributed by atoms with Crippen LogP contribution in [0.2, 0.25) is 0 Å². The Labute approximate surface area is 176 Å². The largest absolute Gasteiger partial charge is 0.461 e. The van der Waals surface area contributed by atoms with Crippen LogP contribution in [-0.2, 0) is 14.3 Å². The van der Waals surface area contributed by atoms with Crippen LogP contribution in [0.5, 0.6) is 0 Å². The summed E-state index contributed by atoms with van der Waals surface area (Å²) in [5.74, 6) is -1.94. The first-order valence-corrected chi connectivity index (χ1v) is 9.85. The summed E-state index contributed by atoms with van der Waals surface area (Å²) in [7, 11) is 0. The second-order valence-electron chi connectivity index (χ2n) is 6.03. The number of ether oxygens (including phenoxy) is 2. The minimum atomic E-state index is -0.683. The third kappa shape index (κ3) is 5.21. The highest BCUT2D eigenvalue weighted by Crippen LogP contribution is 2.32. The molecule has 1 aromatic heterocycles. The van der Waals surface area contributed by atoms with Crippen LogP contribution in [0.1, 0.15) is 27.8 Å². The van der Waals surface area contributed by atoms with Gasteiger partial charge < -0.3 is 20.5 Å². The molecule has 3 N–H and O–H groups in total. The van der Waals surface area contributed by atoms with E-state index in [2.05, 4.69) is 10.3 Å². The fourth-order valence-corrected chi connectivity index (χ4v) is 3.46. The fourth-order valence-electron chi connectivity index (χ4n) is 2.49. The summed E-state index contributed by atoms with van der Waals surface area (Å²) < 4.78 is 10.0. The third-order valence-electron chi connectivity index (χ3n) is 3.83. The molecule has 2 aromatic carbocycles. The lowest BCUT2D eigenvalue weighted by Crippen LogP contribution is -2.21. The van der Waals surface area contributed by atoms with Gasteiger partial charge in [0.15, 0.2) is 12.3 Å². The molecule has 0 aliphatic heterocycles. The number of esters is 2. The van der Waals surface area contributed by atoms with Crippen molar-refractivity contribution in [1.29, 1.82) is 0 Å². The summed E-state index contributed by atoms with van der Waals surface area (Å²) in [6.07, 6.45) is 0. The van der Waals surface area contributed by atoms with Gasteiger partial charge in [0, 0.05) is 11.3 Å². The molecule has 0 radical (unpaired) electrons. The zero-order valence-electron chi connectivity index (χ0n) is 16.1. The molecule has 3 aromatic rings. The van der Waals surface area contributed by atoms with Gasteiger partial charge in [-0.05, 0) is 25.1 Å². The SMILES string of the molecule is CCOC(=O)c1nc(-c2ccccc2)sc1NC(=O)COC(=O)c1cccc(N)c1. The topological polar surface area (TPSA) is 121 Å². The first-order valence-electron chi connectivity index (χ1n) is 9.03. The molecule has 0 fully saturated rings. The number of nitrogens with zero attached hydrogens (tertiary/aromatic N) is 1. The first-order chi connectivity index (χ1) is 14.5. The van der Waals surface area contributed by atoms with Crippen LogP contribution in [0.15, 0.2) is 54.6 Å². The van der Waals surface area contributed by atoms with Gasteiger partial charge in [-0.25, -0.2) is 14.6 Å². The average molecular weight is 425 g/mol. The van der Waals surface area contributed by atoms with Gasteiger partial charge in [-0.15, -0.1) is 0 Å². The van der Waals surface area contributed by atoms with Gasteiger partial charge in [0.1, 0.15) is 10.0 Å². The van der Waals surface area contributed by atoms with E-state index < -0.39 is 24.5 Å². The van der Waals surface area contributed by atoms with Crippen LogP contribution in [0.4, 0.5) is 10.7 Å². The van der Waals surface area contributed by atoms with Crippen molar-refractivity contribution in [2.24, 2.45) is 0 Å². The molecule has 0 unspecified atom stereocenters. The van der Waals surface area contributed by atoms with Gasteiger partial charge in [-0.3, -0.25) is 4.79 Å². The number of nitrogen functional groups attached to an aromatic ring is 1. The Morgan fingerprint density at radius 1 is 1.03 bits per heavy atom. The highest BCUT2D eigenvalue weighted by molar-refractivity contribution is 7.19. The van der Waals surface area contributed by atoms with E-state index in [-0.39, 0.29) is 22.9 Å². The number of carbonyl (C=O) groups excluding carboxylic acids is 3. The predicted molar refractivity (Wildman–Crippen MR) is 113 cm³/mol. The van der Waals surface area contributed by atoms with Gasteiger partial charge >= 0.3 is 11.9 Å². The number of amides is 1. The zero-order chi connectivity index (χ0) is 21.5. The van der Waals surface area contributed by atoms with Gasteiger partial charge in [-0.1, -0.05) is 47.7 Å². The molecule has 0 saturated carbocycles. The molecular weight excluding hydrogens is 406 g/mol. The molecule has 30 heavy (non-hydrogen) atoms. The maximum Gasteiger partial charge on any atom is 0.360 e. The van der Waals surface area contributed by atoms with Crippen LogP contribution >= 0.6 is 11.3 Å². The number of nitrogens with two attached hydrogens (primary N) is 1. The van der Waals surface area contributed by atoms with Crippen molar-refractivity contribution < 1.29 is 23.9 Å². The van der Waals surface area contributed by atoms with Crippen LogP contribution < -0.4 is 11.1 Å². The number of hydrogen-bond donors (Lipinski definition) is 2. The minimum Gasteiger partial charge on any atom is -0.461 e. The first kappa shape index (κ1) is 21.0. The van der Waals surface area contributed by atoms with Crippen molar-refractivity contribution in [2.75, 3.05) is 24.3 Å². The Morgan fingerprint density at radius 2 is 1.80 bits per heavy atom. The quantitative estimate of drug-likeness (QED) is 0.440. The van der Waals surface area contributed by atoms with E-state index in [1.807, 2.05) is 30.3 Å². The van der Waals surface area contributed by atoms with Gasteiger partial charge in [0.25, 0.3) is 5.91 Å². The lowest BCUT2D eigenvalue weighted by Gasteiger charge is -2.07. The molecule has 0 atom stereocenters. The van der Waals surface area contributed by atoms with E-state index in [1.165, 1.54) is 12.1 Å². The van der Waals surface area contributed by atoms with Crippen LogP contribution in [0.3, 0.4) is 0 Å². The average Bonchev–Trinajstić information content (AvgIpc) is 3.16. The molecule has 0 aliphatic carbocycles. The number of thiazole rings is 1. The smallest absolute Gasteiger partial charge is 0.360 e.